The van der Waals surface area contributed by atoms with E-state index in [4.69, 9.17) is 4.74 Å². The van der Waals surface area contributed by atoms with Crippen LogP contribution in [-0.2, 0) is 10.3 Å². The number of rotatable bonds is 5. The molecule has 0 amide bonds. The fourth-order valence-electron chi connectivity index (χ4n) is 2.57. The Morgan fingerprint density at radius 2 is 2.15 bits per heavy atom. The maximum atomic E-state index is 14.0. The molecule has 1 N–H and O–H groups in total. The van der Waals surface area contributed by atoms with Crippen LogP contribution in [0.15, 0.2) is 23.2 Å². The van der Waals surface area contributed by atoms with Gasteiger partial charge in [0.2, 0.25) is 6.34 Å². The summed E-state index contributed by atoms with van der Waals surface area (Å²) in [6.07, 6.45) is 1.59. The van der Waals surface area contributed by atoms with E-state index in [9.17, 15) is 8.78 Å². The van der Waals surface area contributed by atoms with Crippen molar-refractivity contribution >= 4 is 6.34 Å². The summed E-state index contributed by atoms with van der Waals surface area (Å²) >= 11 is 0. The first kappa shape index (κ1) is 15.0. The molecule has 0 spiro atoms. The van der Waals surface area contributed by atoms with Gasteiger partial charge in [-0.05, 0) is 19.1 Å². The number of quaternary nitrogens is 1. The second-order valence-corrected chi connectivity index (χ2v) is 5.30. The van der Waals surface area contributed by atoms with Crippen molar-refractivity contribution in [2.45, 2.75) is 18.6 Å². The molecule has 110 valence electrons. The Labute approximate surface area is 117 Å². The number of aliphatic imine (C=N–C) groups is 1. The van der Waals surface area contributed by atoms with E-state index < -0.39 is 17.2 Å². The third kappa shape index (κ3) is 2.59. The van der Waals surface area contributed by atoms with Crippen molar-refractivity contribution in [3.8, 4) is 0 Å². The number of epoxide rings is 1. The van der Waals surface area contributed by atoms with Crippen LogP contribution in [0.3, 0.4) is 0 Å². The highest BCUT2D eigenvalue weighted by Crippen LogP contribution is 2.48. The zero-order valence-electron chi connectivity index (χ0n) is 12.2. The van der Waals surface area contributed by atoms with Gasteiger partial charge in [-0.3, -0.25) is 0 Å². The monoisotopic (exact) mass is 284 g/mol. The third-order valence-electron chi connectivity index (χ3n) is 3.82. The van der Waals surface area contributed by atoms with Crippen LogP contribution in [0.4, 0.5) is 8.78 Å². The highest BCUT2D eigenvalue weighted by atomic mass is 19.1. The molecule has 1 aromatic rings. The highest BCUT2D eigenvalue weighted by Gasteiger charge is 2.60. The normalized spacial score (nSPS) is 28.6. The van der Waals surface area contributed by atoms with E-state index in [0.717, 1.165) is 6.07 Å². The molecule has 0 aromatic heterocycles. The number of hydrogen-bond donors (Lipinski definition) is 1. The zero-order valence-corrected chi connectivity index (χ0v) is 12.2. The Balaban J connectivity index is 2.36. The van der Waals surface area contributed by atoms with E-state index >= 15 is 0 Å². The summed E-state index contributed by atoms with van der Waals surface area (Å²) in [5.41, 5.74) is 2.74. The van der Waals surface area contributed by atoms with Gasteiger partial charge in [-0.2, -0.15) is 5.43 Å². The molecule has 0 radical (unpaired) electrons. The summed E-state index contributed by atoms with van der Waals surface area (Å²) in [6, 6.07) is 3.60. The lowest BCUT2D eigenvalue weighted by Crippen LogP contribution is -2.56. The summed E-state index contributed by atoms with van der Waals surface area (Å²) in [6.45, 7) is 2.34. The topological polar surface area (TPSA) is 36.9 Å². The Bertz CT molecular complexity index is 537. The number of benzene rings is 1. The largest absolute Gasteiger partial charge is 0.355 e. The lowest BCUT2D eigenvalue weighted by atomic mass is 9.94. The van der Waals surface area contributed by atoms with Gasteiger partial charge in [0.25, 0.3) is 0 Å². The van der Waals surface area contributed by atoms with Gasteiger partial charge >= 0.3 is 0 Å². The molecule has 20 heavy (non-hydrogen) atoms. The Hall–Kier alpha value is -1.37. The molecule has 1 aromatic carbocycles. The predicted molar refractivity (Wildman–Crippen MR) is 73.1 cm³/mol. The van der Waals surface area contributed by atoms with Gasteiger partial charge in [-0.25, -0.2) is 18.4 Å². The van der Waals surface area contributed by atoms with Crippen molar-refractivity contribution in [1.29, 1.82) is 0 Å². The van der Waals surface area contributed by atoms with Gasteiger partial charge < -0.3 is 4.74 Å². The zero-order chi connectivity index (χ0) is 15.0. The molecular formula is C14H20F2N3O+. The molecule has 6 heteroatoms. The van der Waals surface area contributed by atoms with Crippen LogP contribution in [0.5, 0.6) is 0 Å². The van der Waals surface area contributed by atoms with Gasteiger partial charge in [-0.1, -0.05) is 0 Å². The average molecular weight is 284 g/mol. The van der Waals surface area contributed by atoms with Crippen molar-refractivity contribution in [2.75, 3.05) is 27.7 Å². The lowest BCUT2D eigenvalue weighted by Gasteiger charge is -2.30. The minimum atomic E-state index is -0.753. The van der Waals surface area contributed by atoms with Crippen LogP contribution in [0.2, 0.25) is 0 Å². The molecular weight excluding hydrogens is 264 g/mol. The first-order valence-electron chi connectivity index (χ1n) is 6.48. The number of nitrogens with zero attached hydrogens (tertiary/aromatic N) is 2. The first-order valence-corrected chi connectivity index (χ1v) is 6.48. The molecule has 3 unspecified atom stereocenters. The van der Waals surface area contributed by atoms with E-state index in [1.165, 1.54) is 12.1 Å². The van der Waals surface area contributed by atoms with Crippen LogP contribution in [0.1, 0.15) is 12.5 Å². The third-order valence-corrected chi connectivity index (χ3v) is 3.82. The molecule has 0 aliphatic carbocycles. The molecule has 3 atom stereocenters. The van der Waals surface area contributed by atoms with Crippen LogP contribution in [0, 0.1) is 11.6 Å². The second kappa shape index (κ2) is 5.20. The molecule has 1 aliphatic heterocycles. The van der Waals surface area contributed by atoms with E-state index in [1.807, 2.05) is 14.0 Å². The van der Waals surface area contributed by atoms with Crippen molar-refractivity contribution in [3.05, 3.63) is 35.4 Å². The molecule has 1 fully saturated rings. The van der Waals surface area contributed by atoms with E-state index in [0.29, 0.717) is 12.1 Å². The maximum Gasteiger partial charge on any atom is 0.204 e. The lowest BCUT2D eigenvalue weighted by molar-refractivity contribution is -0.863. The summed E-state index contributed by atoms with van der Waals surface area (Å²) in [4.78, 5) is 4.02. The van der Waals surface area contributed by atoms with Crippen LogP contribution in [0.25, 0.3) is 0 Å². The van der Waals surface area contributed by atoms with Crippen molar-refractivity contribution in [3.63, 3.8) is 0 Å². The molecule has 1 aliphatic rings. The SMILES string of the molecule is CN=C[N+](C)(CC1(c2ccc(F)cc2F)OC1C)NC. The first-order chi connectivity index (χ1) is 9.37. The van der Waals surface area contributed by atoms with Crippen molar-refractivity contribution in [1.82, 2.24) is 5.43 Å². The minimum absolute atomic E-state index is 0.126. The summed E-state index contributed by atoms with van der Waals surface area (Å²) in [5.74, 6) is -1.17. The fourth-order valence-corrected chi connectivity index (χ4v) is 2.57. The van der Waals surface area contributed by atoms with Gasteiger partial charge in [0, 0.05) is 25.7 Å². The number of ether oxygens (including phenoxy) is 1. The molecule has 0 saturated carbocycles. The summed E-state index contributed by atoms with van der Waals surface area (Å²) in [5, 5.41) is 0. The Kier molecular flexibility index (Phi) is 3.90. The van der Waals surface area contributed by atoms with Crippen LogP contribution < -0.4 is 5.43 Å². The van der Waals surface area contributed by atoms with Crippen molar-refractivity contribution in [2.24, 2.45) is 4.99 Å². The smallest absolute Gasteiger partial charge is 0.204 e. The van der Waals surface area contributed by atoms with Crippen molar-refractivity contribution < 1.29 is 18.1 Å². The van der Waals surface area contributed by atoms with Gasteiger partial charge in [0.1, 0.15) is 18.2 Å². The number of nitrogens with one attached hydrogen (secondary N) is 1. The standard InChI is InChI=1S/C14H20F2N3O/c1-10-14(20-10,8-19(4,18-3)9-17-2)12-6-5-11(15)7-13(12)16/h5-7,9-10,18H,8H2,1-4H3/q+1. The summed E-state index contributed by atoms with van der Waals surface area (Å²) < 4.78 is 33.1. The molecule has 1 heterocycles. The van der Waals surface area contributed by atoms with Crippen LogP contribution >= 0.6 is 0 Å². The fraction of sp³-hybridized carbons (Fsp3) is 0.500. The predicted octanol–water partition coefficient (Wildman–Crippen LogP) is 1.82. The molecule has 2 rings (SSSR count). The average Bonchev–Trinajstić information content (AvgIpc) is 3.00. The number of halogens is 2. The Morgan fingerprint density at radius 3 is 2.60 bits per heavy atom. The molecule has 4 nitrogen and oxygen atoms in total. The highest BCUT2D eigenvalue weighted by molar-refractivity contribution is 5.46. The van der Waals surface area contributed by atoms with E-state index in [-0.39, 0.29) is 10.7 Å². The quantitative estimate of drug-likeness (QED) is 0.294. The second-order valence-electron chi connectivity index (χ2n) is 5.30. The van der Waals surface area contributed by atoms with Gasteiger partial charge in [0.15, 0.2) is 5.60 Å². The summed E-state index contributed by atoms with van der Waals surface area (Å²) in [7, 11) is 5.38. The minimum Gasteiger partial charge on any atom is -0.355 e. The van der Waals surface area contributed by atoms with Crippen LogP contribution in [-0.4, -0.2) is 44.7 Å². The van der Waals surface area contributed by atoms with E-state index in [1.54, 1.807) is 20.4 Å². The number of likely N-dealkylation sites (N-methyl/N-ethyl adjacent to an activating group) is 1. The Morgan fingerprint density at radius 1 is 1.50 bits per heavy atom. The molecule has 0 bridgehead atoms. The van der Waals surface area contributed by atoms with Gasteiger partial charge in [0.05, 0.1) is 13.2 Å². The number of hydrogen-bond acceptors (Lipinski definition) is 3. The van der Waals surface area contributed by atoms with E-state index in [2.05, 4.69) is 10.4 Å². The maximum absolute atomic E-state index is 14.0. The van der Waals surface area contributed by atoms with Gasteiger partial charge in [-0.15, -0.1) is 0 Å². The molecule has 1 saturated heterocycles.